The van der Waals surface area contributed by atoms with Gasteiger partial charge in [0.1, 0.15) is 0 Å². The van der Waals surface area contributed by atoms with Gasteiger partial charge >= 0.3 is 6.03 Å². The third-order valence-corrected chi connectivity index (χ3v) is 5.42. The second kappa shape index (κ2) is 6.24. The number of hydrogen-bond acceptors (Lipinski definition) is 2. The van der Waals surface area contributed by atoms with Crippen LogP contribution in [-0.4, -0.2) is 65.9 Å². The highest BCUT2D eigenvalue weighted by Crippen LogP contribution is 2.27. The van der Waals surface area contributed by atoms with Gasteiger partial charge in [0.2, 0.25) is 5.91 Å². The topological polar surface area (TPSA) is 43.9 Å². The number of urea groups is 1. The minimum Gasteiger partial charge on any atom is -0.342 e. The smallest absolute Gasteiger partial charge is 0.320 e. The number of piperidine rings is 1. The predicted octanol–water partition coefficient (Wildman–Crippen LogP) is 1.93. The monoisotopic (exact) mass is 293 g/mol. The molecule has 1 saturated carbocycles. The fourth-order valence-electron chi connectivity index (χ4n) is 4.01. The van der Waals surface area contributed by atoms with Crippen molar-refractivity contribution >= 4 is 11.9 Å². The van der Waals surface area contributed by atoms with Crippen LogP contribution in [0.15, 0.2) is 0 Å². The molecule has 0 radical (unpaired) electrons. The highest BCUT2D eigenvalue weighted by molar-refractivity contribution is 5.79. The summed E-state index contributed by atoms with van der Waals surface area (Å²) >= 11 is 0. The Bertz CT molecular complexity index is 398. The third-order valence-electron chi connectivity index (χ3n) is 5.42. The van der Waals surface area contributed by atoms with Gasteiger partial charge in [0.25, 0.3) is 0 Å². The highest BCUT2D eigenvalue weighted by atomic mass is 16.2. The molecule has 1 aliphatic carbocycles. The second-order valence-electron chi connectivity index (χ2n) is 6.79. The van der Waals surface area contributed by atoms with Gasteiger partial charge in [0, 0.05) is 45.2 Å². The van der Waals surface area contributed by atoms with Crippen molar-refractivity contribution in [3.05, 3.63) is 0 Å². The van der Waals surface area contributed by atoms with Crippen LogP contribution in [-0.2, 0) is 4.79 Å². The van der Waals surface area contributed by atoms with Crippen LogP contribution >= 0.6 is 0 Å². The van der Waals surface area contributed by atoms with Crippen molar-refractivity contribution in [1.82, 2.24) is 14.7 Å². The lowest BCUT2D eigenvalue weighted by Crippen LogP contribution is -2.49. The maximum absolute atomic E-state index is 12.5. The molecule has 5 heteroatoms. The van der Waals surface area contributed by atoms with Crippen molar-refractivity contribution in [2.24, 2.45) is 5.92 Å². The molecule has 5 nitrogen and oxygen atoms in total. The Hall–Kier alpha value is -1.26. The first-order valence-corrected chi connectivity index (χ1v) is 8.47. The molecule has 0 aromatic rings. The van der Waals surface area contributed by atoms with Crippen LogP contribution in [0.25, 0.3) is 0 Å². The van der Waals surface area contributed by atoms with E-state index in [-0.39, 0.29) is 11.9 Å². The summed E-state index contributed by atoms with van der Waals surface area (Å²) in [5, 5.41) is 0. The molecule has 3 fully saturated rings. The summed E-state index contributed by atoms with van der Waals surface area (Å²) in [7, 11) is 1.87. The Morgan fingerprint density at radius 1 is 0.952 bits per heavy atom. The zero-order valence-corrected chi connectivity index (χ0v) is 13.1. The molecule has 3 amide bonds. The quantitative estimate of drug-likeness (QED) is 0.781. The van der Waals surface area contributed by atoms with Gasteiger partial charge in [0.05, 0.1) is 0 Å². The molecule has 21 heavy (non-hydrogen) atoms. The third kappa shape index (κ3) is 3.01. The Morgan fingerprint density at radius 3 is 2.19 bits per heavy atom. The van der Waals surface area contributed by atoms with Crippen LogP contribution in [0.1, 0.15) is 44.9 Å². The van der Waals surface area contributed by atoms with Gasteiger partial charge in [-0.05, 0) is 25.7 Å². The molecular weight excluding hydrogens is 266 g/mol. The summed E-state index contributed by atoms with van der Waals surface area (Å²) in [6, 6.07) is 0.491. The first-order chi connectivity index (χ1) is 10.2. The maximum atomic E-state index is 12.5. The molecule has 2 heterocycles. The van der Waals surface area contributed by atoms with Crippen molar-refractivity contribution in [3.8, 4) is 0 Å². The van der Waals surface area contributed by atoms with Crippen LogP contribution < -0.4 is 0 Å². The number of carbonyl (C=O) groups excluding carboxylic acids is 2. The fourth-order valence-corrected chi connectivity index (χ4v) is 4.01. The minimum absolute atomic E-state index is 0.159. The zero-order valence-electron chi connectivity index (χ0n) is 13.1. The summed E-state index contributed by atoms with van der Waals surface area (Å²) in [6.07, 6.45) is 7.75. The Labute approximate surface area is 127 Å². The van der Waals surface area contributed by atoms with Crippen LogP contribution in [0.5, 0.6) is 0 Å². The van der Waals surface area contributed by atoms with Crippen molar-refractivity contribution < 1.29 is 9.59 Å². The first kappa shape index (κ1) is 14.7. The number of likely N-dealkylation sites (tertiary alicyclic amines) is 1. The van der Waals surface area contributed by atoms with Crippen molar-refractivity contribution in [2.75, 3.05) is 33.2 Å². The zero-order chi connectivity index (χ0) is 14.8. The van der Waals surface area contributed by atoms with Gasteiger partial charge in [-0.1, -0.05) is 19.3 Å². The van der Waals surface area contributed by atoms with E-state index in [2.05, 4.69) is 4.90 Å². The van der Waals surface area contributed by atoms with Crippen molar-refractivity contribution in [1.29, 1.82) is 0 Å². The standard InChI is InChI=1S/C16H27N3O2/c1-17-11-12-19(16(17)21)14-7-9-18(10-8-14)15(20)13-5-3-2-4-6-13/h13-14H,2-12H2,1H3. The lowest BCUT2D eigenvalue weighted by atomic mass is 9.87. The van der Waals surface area contributed by atoms with Crippen LogP contribution in [0.3, 0.4) is 0 Å². The Balaban J connectivity index is 1.50. The lowest BCUT2D eigenvalue weighted by molar-refractivity contribution is -0.138. The second-order valence-corrected chi connectivity index (χ2v) is 6.79. The molecule has 118 valence electrons. The van der Waals surface area contributed by atoms with Gasteiger partial charge in [-0.25, -0.2) is 4.79 Å². The maximum Gasteiger partial charge on any atom is 0.320 e. The lowest BCUT2D eigenvalue weighted by Gasteiger charge is -2.38. The van der Waals surface area contributed by atoms with E-state index in [1.807, 2.05) is 11.9 Å². The van der Waals surface area contributed by atoms with Gasteiger partial charge in [0.15, 0.2) is 0 Å². The number of likely N-dealkylation sites (N-methyl/N-ethyl adjacent to an activating group) is 1. The van der Waals surface area contributed by atoms with Crippen molar-refractivity contribution in [3.63, 3.8) is 0 Å². The largest absolute Gasteiger partial charge is 0.342 e. The summed E-state index contributed by atoms with van der Waals surface area (Å²) in [5.74, 6) is 0.646. The number of amides is 3. The normalized spacial score (nSPS) is 25.8. The summed E-state index contributed by atoms with van der Waals surface area (Å²) in [4.78, 5) is 30.4. The van der Waals surface area contributed by atoms with E-state index in [1.165, 1.54) is 19.3 Å². The molecule has 3 rings (SSSR count). The molecule has 3 aliphatic rings. The van der Waals surface area contributed by atoms with Gasteiger partial charge in [-0.2, -0.15) is 0 Å². The molecule has 2 aliphatic heterocycles. The molecule has 0 spiro atoms. The van der Waals surface area contributed by atoms with E-state index < -0.39 is 0 Å². The summed E-state index contributed by atoms with van der Waals surface area (Å²) < 4.78 is 0. The van der Waals surface area contributed by atoms with E-state index >= 15 is 0 Å². The van der Waals surface area contributed by atoms with E-state index in [4.69, 9.17) is 0 Å². The van der Waals surface area contributed by atoms with E-state index in [1.54, 1.807) is 4.90 Å². The molecule has 0 N–H and O–H groups in total. The minimum atomic E-state index is 0.159. The summed E-state index contributed by atoms with van der Waals surface area (Å²) in [6.45, 7) is 3.33. The molecule has 0 aromatic carbocycles. The van der Waals surface area contributed by atoms with E-state index in [9.17, 15) is 9.59 Å². The highest BCUT2D eigenvalue weighted by Gasteiger charge is 2.35. The predicted molar refractivity (Wildman–Crippen MR) is 80.9 cm³/mol. The van der Waals surface area contributed by atoms with Gasteiger partial charge in [-0.3, -0.25) is 4.79 Å². The average molecular weight is 293 g/mol. The summed E-state index contributed by atoms with van der Waals surface area (Å²) in [5.41, 5.74) is 0. The number of hydrogen-bond donors (Lipinski definition) is 0. The molecule has 0 aromatic heterocycles. The Morgan fingerprint density at radius 2 is 1.62 bits per heavy atom. The van der Waals surface area contributed by atoms with Crippen molar-refractivity contribution in [2.45, 2.75) is 51.0 Å². The molecule has 0 unspecified atom stereocenters. The SMILES string of the molecule is CN1CCN(C2CCN(C(=O)C3CCCCC3)CC2)C1=O. The molecule has 0 bridgehead atoms. The number of carbonyl (C=O) groups is 2. The average Bonchev–Trinajstić information content (AvgIpc) is 2.87. The fraction of sp³-hybridized carbons (Fsp3) is 0.875. The van der Waals surface area contributed by atoms with Gasteiger partial charge in [-0.15, -0.1) is 0 Å². The number of rotatable bonds is 2. The van der Waals surface area contributed by atoms with Gasteiger partial charge < -0.3 is 14.7 Å². The molecule has 2 saturated heterocycles. The number of nitrogens with zero attached hydrogens (tertiary/aromatic N) is 3. The Kier molecular flexibility index (Phi) is 4.36. The van der Waals surface area contributed by atoms with E-state index in [0.717, 1.165) is 51.9 Å². The van der Waals surface area contributed by atoms with Crippen LogP contribution in [0.2, 0.25) is 0 Å². The van der Waals surface area contributed by atoms with Crippen LogP contribution in [0.4, 0.5) is 4.79 Å². The van der Waals surface area contributed by atoms with Crippen LogP contribution in [0, 0.1) is 5.92 Å². The molecule has 0 atom stereocenters. The first-order valence-electron chi connectivity index (χ1n) is 8.47. The molecular formula is C16H27N3O2. The van der Waals surface area contributed by atoms with E-state index in [0.29, 0.717) is 11.9 Å².